The first-order chi connectivity index (χ1) is 11.7. The lowest BCUT2D eigenvalue weighted by atomic mass is 10.1. The van der Waals surface area contributed by atoms with E-state index in [0.717, 1.165) is 6.07 Å². The van der Waals surface area contributed by atoms with Gasteiger partial charge in [0.1, 0.15) is 5.82 Å². The van der Waals surface area contributed by atoms with Crippen molar-refractivity contribution in [1.29, 1.82) is 0 Å². The molecule has 0 unspecified atom stereocenters. The van der Waals surface area contributed by atoms with Crippen LogP contribution in [0.5, 0.6) is 0 Å². The molecule has 134 valence electrons. The quantitative estimate of drug-likeness (QED) is 0.529. The largest absolute Gasteiger partial charge is 0.398 e. The number of amides is 1. The Hall–Kier alpha value is -1.73. The van der Waals surface area contributed by atoms with Crippen LogP contribution in [0.25, 0.3) is 0 Å². The number of alkyl halides is 3. The molecule has 0 aliphatic heterocycles. The lowest BCUT2D eigenvalue weighted by molar-refractivity contribution is -0.115. The topological polar surface area (TPSA) is 29.1 Å². The summed E-state index contributed by atoms with van der Waals surface area (Å²) in [6, 6.07) is 9.04. The third kappa shape index (κ3) is 5.93. The van der Waals surface area contributed by atoms with Gasteiger partial charge in [-0.15, -0.1) is 11.8 Å². The summed E-state index contributed by atoms with van der Waals surface area (Å²) in [6.45, 7) is 1.51. The Balaban J connectivity index is 2.13. The van der Waals surface area contributed by atoms with Crippen molar-refractivity contribution in [3.63, 3.8) is 0 Å². The van der Waals surface area contributed by atoms with E-state index in [4.69, 9.17) is 11.6 Å². The fraction of sp³-hybridized carbons (Fsp3) is 0.235. The molecule has 0 aliphatic carbocycles. The zero-order valence-electron chi connectivity index (χ0n) is 13.1. The Labute approximate surface area is 151 Å². The first-order valence-electron chi connectivity index (χ1n) is 7.18. The number of benzene rings is 2. The molecule has 0 aromatic heterocycles. The molecule has 0 fully saturated rings. The average molecular weight is 392 g/mol. The predicted octanol–water partition coefficient (Wildman–Crippen LogP) is 5.62. The third-order valence-electron chi connectivity index (χ3n) is 3.24. The molecule has 2 nitrogen and oxygen atoms in total. The minimum absolute atomic E-state index is 0.0714. The highest BCUT2D eigenvalue weighted by Gasteiger charge is 2.27. The van der Waals surface area contributed by atoms with Gasteiger partial charge in [-0.3, -0.25) is 4.79 Å². The van der Waals surface area contributed by atoms with E-state index in [-0.39, 0.29) is 17.0 Å². The third-order valence-corrected chi connectivity index (χ3v) is 4.83. The molecule has 0 saturated carbocycles. The number of rotatable bonds is 5. The van der Waals surface area contributed by atoms with Crippen LogP contribution in [0.15, 0.2) is 41.3 Å². The van der Waals surface area contributed by atoms with Crippen LogP contribution in [0, 0.1) is 12.7 Å². The average Bonchev–Trinajstić information content (AvgIpc) is 2.50. The second kappa shape index (κ2) is 8.10. The van der Waals surface area contributed by atoms with Gasteiger partial charge in [0, 0.05) is 9.92 Å². The van der Waals surface area contributed by atoms with Gasteiger partial charge < -0.3 is 5.32 Å². The summed E-state index contributed by atoms with van der Waals surface area (Å²) in [5.41, 5.74) is 0.782. The van der Waals surface area contributed by atoms with Crippen LogP contribution in [0.2, 0.25) is 5.02 Å². The number of hydrogen-bond acceptors (Lipinski definition) is 2. The van der Waals surface area contributed by atoms with E-state index in [1.165, 1.54) is 13.0 Å². The number of carbonyl (C=O) groups is 1. The maximum Gasteiger partial charge on any atom is 0.398 e. The Kier molecular flexibility index (Phi) is 6.35. The molecule has 2 aromatic carbocycles. The van der Waals surface area contributed by atoms with E-state index in [1.54, 1.807) is 24.3 Å². The molecule has 8 heteroatoms. The van der Waals surface area contributed by atoms with Gasteiger partial charge in [0.25, 0.3) is 0 Å². The van der Waals surface area contributed by atoms with Crippen LogP contribution in [-0.4, -0.2) is 17.8 Å². The Morgan fingerprint density at radius 1 is 1.24 bits per heavy atom. The predicted molar refractivity (Wildman–Crippen MR) is 91.7 cm³/mol. The first-order valence-corrected chi connectivity index (χ1v) is 8.55. The van der Waals surface area contributed by atoms with Crippen molar-refractivity contribution in [2.75, 3.05) is 11.1 Å². The van der Waals surface area contributed by atoms with Crippen molar-refractivity contribution in [3.05, 3.63) is 58.4 Å². The van der Waals surface area contributed by atoms with Gasteiger partial charge in [-0.1, -0.05) is 29.8 Å². The number of nitrogens with one attached hydrogen (secondary N) is 1. The van der Waals surface area contributed by atoms with Crippen molar-refractivity contribution < 1.29 is 22.4 Å². The van der Waals surface area contributed by atoms with E-state index in [9.17, 15) is 22.4 Å². The summed E-state index contributed by atoms with van der Waals surface area (Å²) >= 11 is 6.51. The highest BCUT2D eigenvalue weighted by Crippen LogP contribution is 2.32. The minimum Gasteiger partial charge on any atom is -0.323 e. The van der Waals surface area contributed by atoms with Gasteiger partial charge >= 0.3 is 6.18 Å². The molecular weight excluding hydrogens is 378 g/mol. The summed E-state index contributed by atoms with van der Waals surface area (Å²) < 4.78 is 51.1. The summed E-state index contributed by atoms with van der Waals surface area (Å²) in [4.78, 5) is 12.3. The Morgan fingerprint density at radius 2 is 1.92 bits per heavy atom. The smallest absolute Gasteiger partial charge is 0.323 e. The molecule has 0 spiro atoms. The van der Waals surface area contributed by atoms with Crippen LogP contribution in [-0.2, 0) is 11.2 Å². The minimum atomic E-state index is -4.33. The van der Waals surface area contributed by atoms with Crippen LogP contribution in [0.3, 0.4) is 0 Å². The molecule has 2 aromatic rings. The standard InChI is InChI=1S/C17H14ClF4NOS/c1-10-6-13(19)14(8-15(10)25-9-17(20,21)22)23-16(24)7-11-4-2-3-5-12(11)18/h2-6,8H,7,9H2,1H3,(H,23,24). The van der Waals surface area contributed by atoms with Gasteiger partial charge in [-0.2, -0.15) is 13.2 Å². The lowest BCUT2D eigenvalue weighted by Crippen LogP contribution is -2.16. The highest BCUT2D eigenvalue weighted by molar-refractivity contribution is 7.99. The van der Waals surface area contributed by atoms with Gasteiger partial charge in [-0.05, 0) is 36.2 Å². The molecular formula is C17H14ClF4NOS. The number of anilines is 1. The monoisotopic (exact) mass is 391 g/mol. The van der Waals surface area contributed by atoms with E-state index in [0.29, 0.717) is 27.9 Å². The number of carbonyl (C=O) groups excluding carboxylic acids is 1. The van der Waals surface area contributed by atoms with Crippen LogP contribution in [0.4, 0.5) is 23.2 Å². The van der Waals surface area contributed by atoms with Crippen LogP contribution < -0.4 is 5.32 Å². The fourth-order valence-corrected chi connectivity index (χ4v) is 3.08. The Morgan fingerprint density at radius 3 is 2.56 bits per heavy atom. The van der Waals surface area contributed by atoms with Crippen molar-refractivity contribution in [2.45, 2.75) is 24.4 Å². The second-order valence-corrected chi connectivity index (χ2v) is 6.74. The number of aryl methyl sites for hydroxylation is 1. The van der Waals surface area contributed by atoms with Gasteiger partial charge in [0.2, 0.25) is 5.91 Å². The zero-order valence-corrected chi connectivity index (χ0v) is 14.7. The van der Waals surface area contributed by atoms with Crippen LogP contribution >= 0.6 is 23.4 Å². The number of halogens is 5. The van der Waals surface area contributed by atoms with Gasteiger partial charge in [0.05, 0.1) is 17.9 Å². The molecule has 1 amide bonds. The molecule has 25 heavy (non-hydrogen) atoms. The van der Waals surface area contributed by atoms with E-state index < -0.39 is 23.7 Å². The van der Waals surface area contributed by atoms with E-state index in [2.05, 4.69) is 5.32 Å². The normalized spacial score (nSPS) is 11.4. The molecule has 2 rings (SSSR count). The maximum atomic E-state index is 14.0. The summed E-state index contributed by atoms with van der Waals surface area (Å²) in [7, 11) is 0. The van der Waals surface area contributed by atoms with Crippen molar-refractivity contribution in [1.82, 2.24) is 0 Å². The number of thioether (sulfide) groups is 1. The van der Waals surface area contributed by atoms with E-state index in [1.807, 2.05) is 0 Å². The fourth-order valence-electron chi connectivity index (χ4n) is 2.07. The first kappa shape index (κ1) is 19.6. The van der Waals surface area contributed by atoms with Gasteiger partial charge in [-0.25, -0.2) is 4.39 Å². The Bertz CT molecular complexity index is 780. The molecule has 0 atom stereocenters. The summed E-state index contributed by atoms with van der Waals surface area (Å²) in [6.07, 6.45) is -4.41. The van der Waals surface area contributed by atoms with Gasteiger partial charge in [0.15, 0.2) is 0 Å². The van der Waals surface area contributed by atoms with Crippen molar-refractivity contribution in [3.8, 4) is 0 Å². The zero-order chi connectivity index (χ0) is 18.6. The molecule has 1 N–H and O–H groups in total. The van der Waals surface area contributed by atoms with Crippen molar-refractivity contribution >= 4 is 35.0 Å². The van der Waals surface area contributed by atoms with Crippen molar-refractivity contribution in [2.24, 2.45) is 0 Å². The summed E-state index contributed by atoms with van der Waals surface area (Å²) in [5, 5.41) is 2.79. The van der Waals surface area contributed by atoms with Crippen LogP contribution in [0.1, 0.15) is 11.1 Å². The highest BCUT2D eigenvalue weighted by atomic mass is 35.5. The molecule has 0 saturated heterocycles. The molecule has 0 aliphatic rings. The molecule has 0 radical (unpaired) electrons. The maximum absolute atomic E-state index is 14.0. The molecule has 0 bridgehead atoms. The second-order valence-electron chi connectivity index (χ2n) is 5.32. The van der Waals surface area contributed by atoms with E-state index >= 15 is 0 Å². The number of hydrogen-bond donors (Lipinski definition) is 1. The molecule has 0 heterocycles. The summed E-state index contributed by atoms with van der Waals surface area (Å²) in [5.74, 6) is -2.31. The lowest BCUT2D eigenvalue weighted by Gasteiger charge is -2.12. The SMILES string of the molecule is Cc1cc(F)c(NC(=O)Cc2ccccc2Cl)cc1SCC(F)(F)F.